The summed E-state index contributed by atoms with van der Waals surface area (Å²) in [7, 11) is 4.05. The highest BCUT2D eigenvalue weighted by Gasteiger charge is 2.29. The Balaban J connectivity index is 1.39. The number of rotatable bonds is 16. The topological polar surface area (TPSA) is 77.6 Å². The van der Waals surface area contributed by atoms with Crippen molar-refractivity contribution in [1.29, 1.82) is 5.26 Å². The largest absolute Gasteiger partial charge is 0.489 e. The van der Waals surface area contributed by atoms with Crippen LogP contribution >= 0.6 is 35.4 Å². The molecule has 1 heterocycles. The number of benzene rings is 4. The predicted octanol–water partition coefficient (Wildman–Crippen LogP) is 8.24. The van der Waals surface area contributed by atoms with Gasteiger partial charge in [-0.15, -0.1) is 0 Å². The van der Waals surface area contributed by atoms with Crippen molar-refractivity contribution in [3.05, 3.63) is 160 Å². The average molecular weight is 767 g/mol. The van der Waals surface area contributed by atoms with Crippen LogP contribution in [0.5, 0.6) is 5.75 Å². The molecule has 5 rings (SSSR count). The van der Waals surface area contributed by atoms with E-state index in [1.807, 2.05) is 102 Å². The Morgan fingerprint density at radius 1 is 0.943 bits per heavy atom. The van der Waals surface area contributed by atoms with E-state index in [2.05, 4.69) is 22.9 Å². The standard InChI is InChI=1S/C42H43Cl2N6O2S/c1-31(23-32-17-19-38(20-18-32)52-29-35-9-5-4-6-10-35)50(40(51)24-37-26-46-30-49(37)27-34-15-13-33(25-45)14-16-34)42(53)48(22-8-21-47(2)3)28-36-11-7-12-39(43)41(36)44/h4-7,9-20,26,30-31H,1,8,21-24,27-29H2,2-3H3/t31-/m0/s1. The molecule has 0 aliphatic rings. The first-order valence-electron chi connectivity index (χ1n) is 17.4. The summed E-state index contributed by atoms with van der Waals surface area (Å²) >= 11 is 19.3. The van der Waals surface area contributed by atoms with Crippen LogP contribution in [-0.4, -0.2) is 68.5 Å². The highest BCUT2D eigenvalue weighted by molar-refractivity contribution is 7.80. The summed E-state index contributed by atoms with van der Waals surface area (Å²) in [6.45, 7) is 7.24. The lowest BCUT2D eigenvalue weighted by Crippen LogP contribution is -2.51. The second-order valence-electron chi connectivity index (χ2n) is 13.1. The van der Waals surface area contributed by atoms with E-state index in [1.165, 1.54) is 0 Å². The number of halogens is 2. The van der Waals surface area contributed by atoms with Crippen LogP contribution in [0.2, 0.25) is 10.0 Å². The van der Waals surface area contributed by atoms with Crippen molar-refractivity contribution in [3.63, 3.8) is 0 Å². The van der Waals surface area contributed by atoms with E-state index in [1.54, 1.807) is 35.6 Å². The molecule has 273 valence electrons. The van der Waals surface area contributed by atoms with Gasteiger partial charge < -0.3 is 19.1 Å². The predicted molar refractivity (Wildman–Crippen MR) is 216 cm³/mol. The van der Waals surface area contributed by atoms with Crippen molar-refractivity contribution in [3.8, 4) is 11.8 Å². The summed E-state index contributed by atoms with van der Waals surface area (Å²) in [4.78, 5) is 24.7. The van der Waals surface area contributed by atoms with E-state index < -0.39 is 6.04 Å². The van der Waals surface area contributed by atoms with Crippen LogP contribution < -0.4 is 4.74 Å². The van der Waals surface area contributed by atoms with E-state index in [0.717, 1.165) is 46.7 Å². The lowest BCUT2D eigenvalue weighted by Gasteiger charge is -2.37. The van der Waals surface area contributed by atoms with Crippen molar-refractivity contribution in [2.45, 2.75) is 45.0 Å². The van der Waals surface area contributed by atoms with E-state index in [4.69, 9.17) is 40.2 Å². The van der Waals surface area contributed by atoms with Gasteiger partial charge in [-0.25, -0.2) is 4.98 Å². The molecule has 1 atom stereocenters. The quantitative estimate of drug-likeness (QED) is 0.0937. The zero-order valence-corrected chi connectivity index (χ0v) is 32.3. The molecule has 0 aliphatic carbocycles. The lowest BCUT2D eigenvalue weighted by atomic mass is 10.1. The molecule has 0 saturated carbocycles. The molecule has 0 N–H and O–H groups in total. The van der Waals surface area contributed by atoms with E-state index >= 15 is 0 Å². The Morgan fingerprint density at radius 2 is 1.66 bits per heavy atom. The van der Waals surface area contributed by atoms with Crippen LogP contribution in [0.1, 0.15) is 39.9 Å². The minimum Gasteiger partial charge on any atom is -0.489 e. The molecule has 0 aliphatic heterocycles. The lowest BCUT2D eigenvalue weighted by molar-refractivity contribution is -0.128. The van der Waals surface area contributed by atoms with Crippen LogP contribution in [0.3, 0.4) is 0 Å². The van der Waals surface area contributed by atoms with Gasteiger partial charge in [-0.1, -0.05) is 89.9 Å². The molecule has 8 nitrogen and oxygen atoms in total. The summed E-state index contributed by atoms with van der Waals surface area (Å²) in [6.07, 6.45) is 4.73. The maximum absolute atomic E-state index is 14.5. The third-order valence-corrected chi connectivity index (χ3v) is 10.1. The molecule has 4 aromatic carbocycles. The summed E-state index contributed by atoms with van der Waals surface area (Å²) < 4.78 is 7.94. The molecule has 53 heavy (non-hydrogen) atoms. The fraction of sp³-hybridized carbons (Fsp3) is 0.262. The minimum atomic E-state index is -0.535. The molecule has 0 spiro atoms. The highest BCUT2D eigenvalue weighted by Crippen LogP contribution is 2.28. The fourth-order valence-corrected chi connectivity index (χ4v) is 6.69. The molecule has 0 saturated heterocycles. The van der Waals surface area contributed by atoms with Crippen molar-refractivity contribution in [1.82, 2.24) is 24.3 Å². The van der Waals surface area contributed by atoms with E-state index in [0.29, 0.717) is 53.4 Å². The maximum atomic E-state index is 14.5. The molecule has 1 amide bonds. The molecule has 11 heteroatoms. The zero-order chi connectivity index (χ0) is 37.7. The smallest absolute Gasteiger partial charge is 0.235 e. The van der Waals surface area contributed by atoms with Gasteiger partial charge in [0.25, 0.3) is 0 Å². The van der Waals surface area contributed by atoms with Gasteiger partial charge in [-0.3, -0.25) is 9.69 Å². The van der Waals surface area contributed by atoms with Crippen LogP contribution in [0.4, 0.5) is 0 Å². The summed E-state index contributed by atoms with van der Waals surface area (Å²) in [5.74, 6) is 0.553. The van der Waals surface area contributed by atoms with Gasteiger partial charge in [-0.2, -0.15) is 5.26 Å². The highest BCUT2D eigenvalue weighted by atomic mass is 35.5. The van der Waals surface area contributed by atoms with Gasteiger partial charge in [0.1, 0.15) is 12.4 Å². The van der Waals surface area contributed by atoms with Crippen molar-refractivity contribution < 1.29 is 9.53 Å². The minimum absolute atomic E-state index is 0.0537. The van der Waals surface area contributed by atoms with E-state index in [9.17, 15) is 10.1 Å². The number of amides is 1. The van der Waals surface area contributed by atoms with Gasteiger partial charge in [0.2, 0.25) is 5.91 Å². The Morgan fingerprint density at radius 3 is 2.36 bits per heavy atom. The normalized spacial score (nSPS) is 11.6. The first-order valence-corrected chi connectivity index (χ1v) is 18.5. The van der Waals surface area contributed by atoms with Gasteiger partial charge in [0, 0.05) is 37.6 Å². The number of carbonyl (C=O) groups excluding carboxylic acids is 1. The monoisotopic (exact) mass is 765 g/mol. The Hall–Kier alpha value is -4.72. The number of hydrogen-bond donors (Lipinski definition) is 0. The van der Waals surface area contributed by atoms with E-state index in [-0.39, 0.29) is 12.3 Å². The Bertz CT molecular complexity index is 2000. The maximum Gasteiger partial charge on any atom is 0.235 e. The number of ether oxygens (including phenoxy) is 1. The molecule has 1 radical (unpaired) electrons. The Labute approximate surface area is 328 Å². The molecule has 0 fully saturated rings. The number of hydrogen-bond acceptors (Lipinski definition) is 6. The number of aromatic nitrogens is 2. The number of nitriles is 1. The number of imidazole rings is 1. The molecular formula is C42H43Cl2N6O2S. The summed E-state index contributed by atoms with van der Waals surface area (Å²) in [6, 6.07) is 32.4. The zero-order valence-electron chi connectivity index (χ0n) is 30.0. The van der Waals surface area contributed by atoms with Gasteiger partial charge in [-0.05, 0) is 105 Å². The average Bonchev–Trinajstić information content (AvgIpc) is 3.59. The number of nitrogens with zero attached hydrogens (tertiary/aromatic N) is 6. The van der Waals surface area contributed by atoms with Gasteiger partial charge in [0.05, 0.1) is 34.4 Å². The van der Waals surface area contributed by atoms with Crippen LogP contribution in [0, 0.1) is 18.3 Å². The number of carbonyl (C=O) groups is 1. The molecular weight excluding hydrogens is 723 g/mol. The first-order chi connectivity index (χ1) is 25.6. The van der Waals surface area contributed by atoms with Crippen molar-refractivity contribution in [2.75, 3.05) is 27.2 Å². The number of thiocarbonyl (C=S) groups is 1. The molecule has 0 unspecified atom stereocenters. The summed E-state index contributed by atoms with van der Waals surface area (Å²) in [5.41, 5.74) is 5.19. The van der Waals surface area contributed by atoms with Crippen LogP contribution in [0.15, 0.2) is 110 Å². The van der Waals surface area contributed by atoms with Crippen LogP contribution in [-0.2, 0) is 37.3 Å². The molecule has 0 bridgehead atoms. The molecule has 5 aromatic rings. The van der Waals surface area contributed by atoms with Crippen LogP contribution in [0.25, 0.3) is 0 Å². The third kappa shape index (κ3) is 11.4. The first kappa shape index (κ1) is 39.5. The Kier molecular flexibility index (Phi) is 14.4. The van der Waals surface area contributed by atoms with Crippen molar-refractivity contribution >= 4 is 46.4 Å². The van der Waals surface area contributed by atoms with Gasteiger partial charge in [0.15, 0.2) is 5.11 Å². The SMILES string of the molecule is [CH2][C@@H](Cc1ccc(OCc2ccccc2)cc1)N(C(=O)Cc1cncn1Cc1ccc(C#N)cc1)C(=S)N(CCCN(C)C)Cc1cccc(Cl)c1Cl. The van der Waals surface area contributed by atoms with Gasteiger partial charge >= 0.3 is 0 Å². The third-order valence-electron chi connectivity index (χ3n) is 8.75. The molecule has 1 aromatic heterocycles. The second-order valence-corrected chi connectivity index (χ2v) is 14.3. The van der Waals surface area contributed by atoms with Crippen molar-refractivity contribution in [2.24, 2.45) is 0 Å². The second kappa shape index (κ2) is 19.4. The summed E-state index contributed by atoms with van der Waals surface area (Å²) in [5, 5.41) is 10.5. The fourth-order valence-electron chi connectivity index (χ4n) is 5.90.